The van der Waals surface area contributed by atoms with Gasteiger partial charge in [0.05, 0.1) is 0 Å². The zero-order valence-corrected chi connectivity index (χ0v) is 7.99. The number of thioether (sulfide) groups is 1. The summed E-state index contributed by atoms with van der Waals surface area (Å²) in [4.78, 5) is 0. The first-order valence-electron chi connectivity index (χ1n) is 4.26. The van der Waals surface area contributed by atoms with Crippen LogP contribution < -0.4 is 5.32 Å². The summed E-state index contributed by atoms with van der Waals surface area (Å²) in [7, 11) is 0. The third-order valence-electron chi connectivity index (χ3n) is 2.11. The van der Waals surface area contributed by atoms with E-state index in [4.69, 9.17) is 0 Å². The normalized spacial score (nSPS) is 26.8. The lowest BCUT2D eigenvalue weighted by Gasteiger charge is -2.12. The third kappa shape index (κ3) is 3.30. The lowest BCUT2D eigenvalue weighted by atomic mass is 10.1. The maximum Gasteiger partial charge on any atom is 0.0219 e. The van der Waals surface area contributed by atoms with Gasteiger partial charge in [0, 0.05) is 6.04 Å². The van der Waals surface area contributed by atoms with Crippen LogP contribution in [0.25, 0.3) is 0 Å². The summed E-state index contributed by atoms with van der Waals surface area (Å²) in [5.74, 6) is 3.61. The van der Waals surface area contributed by atoms with E-state index in [1.165, 1.54) is 24.5 Å². The van der Waals surface area contributed by atoms with Crippen molar-refractivity contribution in [3.05, 3.63) is 12.7 Å². The van der Waals surface area contributed by atoms with Crippen LogP contribution >= 0.6 is 11.8 Å². The van der Waals surface area contributed by atoms with Crippen molar-refractivity contribution in [1.29, 1.82) is 0 Å². The zero-order valence-electron chi connectivity index (χ0n) is 7.18. The van der Waals surface area contributed by atoms with E-state index < -0.39 is 0 Å². The molecule has 1 rings (SSSR count). The summed E-state index contributed by atoms with van der Waals surface area (Å²) in [5, 5.41) is 3.44. The Bertz CT molecular complexity index is 119. The minimum Gasteiger partial charge on any atom is -0.311 e. The molecule has 2 heteroatoms. The van der Waals surface area contributed by atoms with Crippen molar-refractivity contribution < 1.29 is 0 Å². The van der Waals surface area contributed by atoms with Gasteiger partial charge in [-0.05, 0) is 37.3 Å². The predicted octanol–water partition coefficient (Wildman–Crippen LogP) is 1.90. The first-order chi connectivity index (χ1) is 5.33. The van der Waals surface area contributed by atoms with E-state index in [1.807, 2.05) is 6.08 Å². The minimum atomic E-state index is 0.473. The van der Waals surface area contributed by atoms with E-state index >= 15 is 0 Å². The Morgan fingerprint density at radius 1 is 1.82 bits per heavy atom. The number of nitrogens with one attached hydrogen (secondary N) is 1. The van der Waals surface area contributed by atoms with Crippen molar-refractivity contribution in [2.45, 2.75) is 19.4 Å². The molecule has 1 saturated heterocycles. The van der Waals surface area contributed by atoms with Crippen LogP contribution in [-0.4, -0.2) is 24.1 Å². The summed E-state index contributed by atoms with van der Waals surface area (Å²) in [6, 6.07) is 0.473. The highest BCUT2D eigenvalue weighted by Gasteiger charge is 2.14. The Balaban J connectivity index is 2.06. The molecule has 1 nitrogen and oxygen atoms in total. The monoisotopic (exact) mass is 171 g/mol. The molecule has 64 valence electrons. The molecule has 1 heterocycles. The molecule has 0 spiro atoms. The fourth-order valence-electron chi connectivity index (χ4n) is 1.18. The van der Waals surface area contributed by atoms with Gasteiger partial charge in [-0.3, -0.25) is 0 Å². The van der Waals surface area contributed by atoms with Crippen LogP contribution in [0.3, 0.4) is 0 Å². The van der Waals surface area contributed by atoms with Crippen molar-refractivity contribution in [3.8, 4) is 0 Å². The highest BCUT2D eigenvalue weighted by molar-refractivity contribution is 7.99. The molecule has 0 radical (unpaired) electrons. The van der Waals surface area contributed by atoms with Crippen LogP contribution in [0.1, 0.15) is 13.3 Å². The van der Waals surface area contributed by atoms with Gasteiger partial charge in [0.2, 0.25) is 0 Å². The van der Waals surface area contributed by atoms with Crippen molar-refractivity contribution in [1.82, 2.24) is 5.32 Å². The number of rotatable bonds is 4. The van der Waals surface area contributed by atoms with E-state index in [9.17, 15) is 0 Å². The fourth-order valence-corrected chi connectivity index (χ4v) is 2.46. The van der Waals surface area contributed by atoms with Crippen molar-refractivity contribution in [3.63, 3.8) is 0 Å². The van der Waals surface area contributed by atoms with Gasteiger partial charge in [-0.2, -0.15) is 11.8 Å². The van der Waals surface area contributed by atoms with Gasteiger partial charge in [-0.25, -0.2) is 0 Å². The van der Waals surface area contributed by atoms with Crippen molar-refractivity contribution in [2.75, 3.05) is 18.1 Å². The maximum absolute atomic E-state index is 3.74. The largest absolute Gasteiger partial charge is 0.311 e. The molecule has 0 aromatic rings. The lowest BCUT2D eigenvalue weighted by Crippen LogP contribution is -2.29. The van der Waals surface area contributed by atoms with Gasteiger partial charge in [0.15, 0.2) is 0 Å². The standard InChI is InChI=1S/C9H17NS/c1-3-8(2)10-6-9-4-5-11-7-9/h3,8-10H,1,4-7H2,2H3. The van der Waals surface area contributed by atoms with Gasteiger partial charge in [0.25, 0.3) is 0 Å². The Morgan fingerprint density at radius 2 is 2.64 bits per heavy atom. The Labute approximate surface area is 73.6 Å². The fraction of sp³-hybridized carbons (Fsp3) is 0.778. The first kappa shape index (κ1) is 9.14. The second kappa shape index (κ2) is 4.83. The van der Waals surface area contributed by atoms with Crippen LogP contribution in [0.2, 0.25) is 0 Å². The SMILES string of the molecule is C=CC(C)NCC1CCSC1. The Hall–Kier alpha value is 0.0500. The average molecular weight is 171 g/mol. The number of hydrogen-bond acceptors (Lipinski definition) is 2. The third-order valence-corrected chi connectivity index (χ3v) is 3.34. The van der Waals surface area contributed by atoms with E-state index in [0.717, 1.165) is 5.92 Å². The second-order valence-electron chi connectivity index (χ2n) is 3.16. The van der Waals surface area contributed by atoms with Crippen LogP contribution in [0.4, 0.5) is 0 Å². The molecule has 0 aromatic carbocycles. The molecule has 2 unspecified atom stereocenters. The van der Waals surface area contributed by atoms with Gasteiger partial charge < -0.3 is 5.32 Å². The molecular formula is C9H17NS. The molecule has 0 aromatic heterocycles. The van der Waals surface area contributed by atoms with Crippen molar-refractivity contribution >= 4 is 11.8 Å². The highest BCUT2D eigenvalue weighted by Crippen LogP contribution is 2.22. The summed E-state index contributed by atoms with van der Waals surface area (Å²) in [6.07, 6.45) is 3.35. The summed E-state index contributed by atoms with van der Waals surface area (Å²) in [6.45, 7) is 7.05. The average Bonchev–Trinajstić information content (AvgIpc) is 2.52. The van der Waals surface area contributed by atoms with Crippen molar-refractivity contribution in [2.24, 2.45) is 5.92 Å². The minimum absolute atomic E-state index is 0.473. The van der Waals surface area contributed by atoms with E-state index in [-0.39, 0.29) is 0 Å². The summed E-state index contributed by atoms with van der Waals surface area (Å²) in [5.41, 5.74) is 0. The molecule has 0 aliphatic carbocycles. The summed E-state index contributed by atoms with van der Waals surface area (Å²) >= 11 is 2.08. The molecule has 1 aliphatic heterocycles. The molecule has 11 heavy (non-hydrogen) atoms. The summed E-state index contributed by atoms with van der Waals surface area (Å²) < 4.78 is 0. The van der Waals surface area contributed by atoms with E-state index in [2.05, 4.69) is 30.6 Å². The molecule has 1 N–H and O–H groups in total. The second-order valence-corrected chi connectivity index (χ2v) is 4.31. The van der Waals surface area contributed by atoms with Crippen LogP contribution in [0.15, 0.2) is 12.7 Å². The lowest BCUT2D eigenvalue weighted by molar-refractivity contribution is 0.504. The van der Waals surface area contributed by atoms with Gasteiger partial charge >= 0.3 is 0 Å². The molecule has 2 atom stereocenters. The van der Waals surface area contributed by atoms with Gasteiger partial charge in [-0.1, -0.05) is 6.08 Å². The van der Waals surface area contributed by atoms with Gasteiger partial charge in [-0.15, -0.1) is 6.58 Å². The molecule has 1 fully saturated rings. The smallest absolute Gasteiger partial charge is 0.0219 e. The highest BCUT2D eigenvalue weighted by atomic mass is 32.2. The van der Waals surface area contributed by atoms with Gasteiger partial charge in [0.1, 0.15) is 0 Å². The molecule has 1 aliphatic rings. The quantitative estimate of drug-likeness (QED) is 0.648. The topological polar surface area (TPSA) is 12.0 Å². The molecular weight excluding hydrogens is 154 g/mol. The van der Waals surface area contributed by atoms with Crippen LogP contribution in [0, 0.1) is 5.92 Å². The van der Waals surface area contributed by atoms with Crippen LogP contribution in [-0.2, 0) is 0 Å². The number of hydrogen-bond donors (Lipinski definition) is 1. The predicted molar refractivity (Wildman–Crippen MR) is 53.1 cm³/mol. The molecule has 0 amide bonds. The Morgan fingerprint density at radius 3 is 3.18 bits per heavy atom. The molecule has 0 saturated carbocycles. The zero-order chi connectivity index (χ0) is 8.10. The van der Waals surface area contributed by atoms with Crippen LogP contribution in [0.5, 0.6) is 0 Å². The molecule has 0 bridgehead atoms. The van der Waals surface area contributed by atoms with E-state index in [1.54, 1.807) is 0 Å². The van der Waals surface area contributed by atoms with E-state index in [0.29, 0.717) is 6.04 Å². The Kier molecular flexibility index (Phi) is 4.02. The maximum atomic E-state index is 3.74. The first-order valence-corrected chi connectivity index (χ1v) is 5.42.